The zero-order valence-corrected chi connectivity index (χ0v) is 11.1. The first kappa shape index (κ1) is 12.3. The van der Waals surface area contributed by atoms with E-state index in [1.54, 1.807) is 12.1 Å². The monoisotopic (exact) mass is 289 g/mol. The fraction of sp³-hybridized carbons (Fsp3) is 0.111. The third-order valence-corrected chi connectivity index (χ3v) is 5.43. The molecule has 5 nitrogen and oxygen atoms in total. The lowest BCUT2D eigenvalue weighted by Gasteiger charge is -2.17. The zero-order valence-electron chi connectivity index (χ0n) is 8.74. The number of halogens is 1. The van der Waals surface area contributed by atoms with Crippen LogP contribution in [0, 0.1) is 0 Å². The van der Waals surface area contributed by atoms with Crippen molar-refractivity contribution < 1.29 is 8.42 Å². The highest BCUT2D eigenvalue weighted by molar-refractivity contribution is 7.94. The highest BCUT2D eigenvalue weighted by Gasteiger charge is 2.23. The number of rotatable bonds is 3. The molecule has 0 radical (unpaired) electrons. The highest BCUT2D eigenvalue weighted by atomic mass is 35.5. The van der Waals surface area contributed by atoms with Crippen molar-refractivity contribution in [3.63, 3.8) is 0 Å². The van der Waals surface area contributed by atoms with Crippen LogP contribution in [0.3, 0.4) is 0 Å². The van der Waals surface area contributed by atoms with Crippen LogP contribution < -0.4 is 4.31 Å². The molecule has 17 heavy (non-hydrogen) atoms. The largest absolute Gasteiger partial charge is 0.275 e. The first-order chi connectivity index (χ1) is 8.01. The van der Waals surface area contributed by atoms with E-state index in [1.807, 2.05) is 0 Å². The van der Waals surface area contributed by atoms with E-state index in [2.05, 4.69) is 9.97 Å². The van der Waals surface area contributed by atoms with Crippen LogP contribution in [0.15, 0.2) is 34.9 Å². The number of aromatic nitrogens is 2. The topological polar surface area (TPSA) is 63.2 Å². The summed E-state index contributed by atoms with van der Waals surface area (Å²) in [5.41, 5.74) is 0.532. The normalized spacial score (nSPS) is 11.4. The molecule has 0 amide bonds. The van der Waals surface area contributed by atoms with Crippen LogP contribution in [0.4, 0.5) is 5.69 Å². The Hall–Kier alpha value is -1.18. The summed E-state index contributed by atoms with van der Waals surface area (Å²) < 4.78 is 25.8. The lowest BCUT2D eigenvalue weighted by molar-refractivity contribution is 0.596. The molecule has 2 heterocycles. The molecule has 0 saturated carbocycles. The van der Waals surface area contributed by atoms with Gasteiger partial charge in [0.25, 0.3) is 10.0 Å². The molecule has 0 saturated heterocycles. The first-order valence-corrected chi connectivity index (χ1v) is 7.15. The molecule has 0 N–H and O–H groups in total. The summed E-state index contributed by atoms with van der Waals surface area (Å²) in [6.45, 7) is 0. The average Bonchev–Trinajstić information content (AvgIpc) is 2.77. The number of hydrogen-bond acceptors (Lipinski definition) is 5. The number of sulfonamides is 1. The molecular formula is C9H8ClN3O2S2. The first-order valence-electron chi connectivity index (χ1n) is 4.52. The van der Waals surface area contributed by atoms with Crippen LogP contribution in [-0.2, 0) is 10.0 Å². The molecule has 0 aliphatic rings. The van der Waals surface area contributed by atoms with Gasteiger partial charge in [-0.05, 0) is 12.1 Å². The second kappa shape index (κ2) is 4.59. The van der Waals surface area contributed by atoms with E-state index in [0.717, 1.165) is 11.3 Å². The molecule has 0 atom stereocenters. The lowest BCUT2D eigenvalue weighted by Crippen LogP contribution is -2.25. The molecule has 0 aromatic carbocycles. The second-order valence-electron chi connectivity index (χ2n) is 3.11. The Morgan fingerprint density at radius 3 is 2.53 bits per heavy atom. The van der Waals surface area contributed by atoms with Crippen molar-refractivity contribution in [1.29, 1.82) is 0 Å². The molecule has 0 aliphatic heterocycles. The van der Waals surface area contributed by atoms with E-state index in [1.165, 1.54) is 29.9 Å². The van der Waals surface area contributed by atoms with Crippen LogP contribution in [0.1, 0.15) is 0 Å². The minimum Gasteiger partial charge on any atom is -0.269 e. The molecule has 90 valence electrons. The fourth-order valence-corrected chi connectivity index (χ4v) is 3.85. The maximum atomic E-state index is 12.2. The molecule has 2 rings (SSSR count). The van der Waals surface area contributed by atoms with Crippen molar-refractivity contribution in [3.05, 3.63) is 35.2 Å². The summed E-state index contributed by atoms with van der Waals surface area (Å²) in [6.07, 6.45) is 4.31. The molecule has 0 fully saturated rings. The van der Waals surface area contributed by atoms with Crippen molar-refractivity contribution in [2.75, 3.05) is 11.4 Å². The Balaban J connectivity index is 2.40. The summed E-state index contributed by atoms with van der Waals surface area (Å²) >= 11 is 6.56. The highest BCUT2D eigenvalue weighted by Crippen LogP contribution is 2.27. The van der Waals surface area contributed by atoms with Crippen molar-refractivity contribution in [2.24, 2.45) is 0 Å². The summed E-state index contributed by atoms with van der Waals surface area (Å²) in [5.74, 6) is 0. The smallest absolute Gasteiger partial charge is 0.269 e. The van der Waals surface area contributed by atoms with Crippen molar-refractivity contribution in [1.82, 2.24) is 9.97 Å². The van der Waals surface area contributed by atoms with Crippen LogP contribution in [-0.4, -0.2) is 25.4 Å². The van der Waals surface area contributed by atoms with Gasteiger partial charge in [0, 0.05) is 19.4 Å². The number of hydrogen-bond donors (Lipinski definition) is 0. The molecule has 0 spiro atoms. The third-order valence-electron chi connectivity index (χ3n) is 2.10. The van der Waals surface area contributed by atoms with Gasteiger partial charge < -0.3 is 0 Å². The van der Waals surface area contributed by atoms with Gasteiger partial charge in [0.15, 0.2) is 8.68 Å². The van der Waals surface area contributed by atoms with E-state index < -0.39 is 10.0 Å². The van der Waals surface area contributed by atoms with Crippen LogP contribution in [0.25, 0.3) is 0 Å². The minimum atomic E-state index is -3.59. The minimum absolute atomic E-state index is 0.113. The Labute approximate surface area is 108 Å². The SMILES string of the molecule is CN(c1ccncc1)S(=O)(=O)c1cnc(Cl)s1. The second-order valence-corrected chi connectivity index (χ2v) is 6.92. The van der Waals surface area contributed by atoms with E-state index in [9.17, 15) is 8.42 Å². The number of pyridine rings is 1. The van der Waals surface area contributed by atoms with Crippen LogP contribution in [0.5, 0.6) is 0 Å². The fourth-order valence-electron chi connectivity index (χ4n) is 1.19. The van der Waals surface area contributed by atoms with Crippen molar-refractivity contribution in [2.45, 2.75) is 4.21 Å². The maximum Gasteiger partial charge on any atom is 0.275 e. The molecule has 2 aromatic heterocycles. The molecule has 0 unspecified atom stereocenters. The van der Waals surface area contributed by atoms with E-state index in [-0.39, 0.29) is 8.68 Å². The van der Waals surface area contributed by atoms with Gasteiger partial charge >= 0.3 is 0 Å². The zero-order chi connectivity index (χ0) is 12.5. The standard InChI is InChI=1S/C9H8ClN3O2S2/c1-13(7-2-4-11-5-3-7)17(14,15)8-6-12-9(10)16-8/h2-6H,1H3. The Morgan fingerprint density at radius 1 is 1.35 bits per heavy atom. The van der Waals surface area contributed by atoms with Gasteiger partial charge in [0.2, 0.25) is 0 Å². The Bertz CT molecular complexity index is 612. The summed E-state index contributed by atoms with van der Waals surface area (Å²) in [5, 5.41) is 0. The van der Waals surface area contributed by atoms with Gasteiger partial charge in [0.1, 0.15) is 0 Å². The molecule has 0 bridgehead atoms. The van der Waals surface area contributed by atoms with Gasteiger partial charge in [-0.1, -0.05) is 22.9 Å². The predicted molar refractivity (Wildman–Crippen MR) is 66.9 cm³/mol. The van der Waals surface area contributed by atoms with E-state index in [4.69, 9.17) is 11.6 Å². The Morgan fingerprint density at radius 2 is 2.00 bits per heavy atom. The van der Waals surface area contributed by atoms with Crippen molar-refractivity contribution >= 4 is 38.6 Å². The number of anilines is 1. The van der Waals surface area contributed by atoms with Gasteiger partial charge in [-0.25, -0.2) is 13.4 Å². The maximum absolute atomic E-state index is 12.2. The lowest BCUT2D eigenvalue weighted by atomic mass is 10.4. The summed E-state index contributed by atoms with van der Waals surface area (Å²) in [7, 11) is -2.12. The van der Waals surface area contributed by atoms with E-state index in [0.29, 0.717) is 5.69 Å². The molecule has 0 aliphatic carbocycles. The van der Waals surface area contributed by atoms with E-state index >= 15 is 0 Å². The van der Waals surface area contributed by atoms with Gasteiger partial charge in [-0.15, -0.1) is 0 Å². The quantitative estimate of drug-likeness (QED) is 0.867. The van der Waals surface area contributed by atoms with Crippen LogP contribution >= 0.6 is 22.9 Å². The Kier molecular flexibility index (Phi) is 3.32. The molecule has 2 aromatic rings. The van der Waals surface area contributed by atoms with Gasteiger partial charge in [0.05, 0.1) is 11.9 Å². The summed E-state index contributed by atoms with van der Waals surface area (Å²) in [4.78, 5) is 7.56. The van der Waals surface area contributed by atoms with Gasteiger partial charge in [-0.2, -0.15) is 0 Å². The predicted octanol–water partition coefficient (Wildman–Crippen LogP) is 2.02. The molecule has 8 heteroatoms. The van der Waals surface area contributed by atoms with Crippen molar-refractivity contribution in [3.8, 4) is 0 Å². The number of nitrogens with zero attached hydrogens (tertiary/aromatic N) is 3. The summed E-state index contributed by atoms with van der Waals surface area (Å²) in [6, 6.07) is 3.22. The van der Waals surface area contributed by atoms with Gasteiger partial charge in [-0.3, -0.25) is 9.29 Å². The number of thiazole rings is 1. The van der Waals surface area contributed by atoms with Crippen LogP contribution in [0.2, 0.25) is 4.47 Å². The molecular weight excluding hydrogens is 282 g/mol. The average molecular weight is 290 g/mol. The third kappa shape index (κ3) is 2.41.